The van der Waals surface area contributed by atoms with Crippen LogP contribution in [0.1, 0.15) is 34.4 Å². The number of carbonyl (C=O) groups excluding carboxylic acids is 1. The van der Waals surface area contributed by atoms with Crippen molar-refractivity contribution in [2.45, 2.75) is 26.6 Å². The van der Waals surface area contributed by atoms with Crippen molar-refractivity contribution in [2.24, 2.45) is 0 Å². The van der Waals surface area contributed by atoms with Crippen molar-refractivity contribution in [2.75, 3.05) is 7.05 Å². The van der Waals surface area contributed by atoms with Gasteiger partial charge in [0.05, 0.1) is 12.1 Å². The molecular formula is C17H17F2N5O3. The maximum atomic E-state index is 12.9. The van der Waals surface area contributed by atoms with Crippen molar-refractivity contribution in [3.63, 3.8) is 0 Å². The van der Waals surface area contributed by atoms with Crippen LogP contribution < -0.4 is 4.74 Å². The van der Waals surface area contributed by atoms with Gasteiger partial charge in [-0.3, -0.25) is 9.36 Å². The van der Waals surface area contributed by atoms with Crippen molar-refractivity contribution < 1.29 is 22.8 Å². The lowest BCUT2D eigenvalue weighted by Gasteiger charge is -2.19. The van der Waals surface area contributed by atoms with Crippen molar-refractivity contribution in [1.29, 1.82) is 0 Å². The maximum absolute atomic E-state index is 12.9. The van der Waals surface area contributed by atoms with E-state index in [0.717, 1.165) is 0 Å². The molecule has 0 radical (unpaired) electrons. The predicted octanol–water partition coefficient (Wildman–Crippen LogP) is 2.82. The SMILES string of the molecule is Cc1nc(COc2ccccc2C(=O)N(C)Cc2nccn2C(F)F)no1. The molecule has 2 aromatic heterocycles. The van der Waals surface area contributed by atoms with Crippen LogP contribution in [0, 0.1) is 6.92 Å². The number of hydrogen-bond donors (Lipinski definition) is 0. The van der Waals surface area contributed by atoms with Gasteiger partial charge in [0.2, 0.25) is 11.7 Å². The Balaban J connectivity index is 1.73. The molecular weight excluding hydrogens is 360 g/mol. The predicted molar refractivity (Wildman–Crippen MR) is 89.1 cm³/mol. The molecule has 8 nitrogen and oxygen atoms in total. The highest BCUT2D eigenvalue weighted by Crippen LogP contribution is 2.22. The van der Waals surface area contributed by atoms with E-state index in [1.807, 2.05) is 0 Å². The van der Waals surface area contributed by atoms with E-state index in [2.05, 4.69) is 15.1 Å². The molecule has 0 saturated carbocycles. The molecule has 142 valence electrons. The summed E-state index contributed by atoms with van der Waals surface area (Å²) >= 11 is 0. The van der Waals surface area contributed by atoms with Crippen LogP contribution in [-0.2, 0) is 13.2 Å². The first-order valence-electron chi connectivity index (χ1n) is 8.02. The smallest absolute Gasteiger partial charge is 0.319 e. The third-order valence-electron chi connectivity index (χ3n) is 3.73. The quantitative estimate of drug-likeness (QED) is 0.629. The van der Waals surface area contributed by atoms with Crippen LogP contribution in [0.4, 0.5) is 8.78 Å². The topological polar surface area (TPSA) is 86.3 Å². The Hall–Kier alpha value is -3.30. The number of aromatic nitrogens is 4. The van der Waals surface area contributed by atoms with Gasteiger partial charge >= 0.3 is 6.55 Å². The van der Waals surface area contributed by atoms with Gasteiger partial charge in [-0.05, 0) is 12.1 Å². The number of hydrogen-bond acceptors (Lipinski definition) is 6. The van der Waals surface area contributed by atoms with Gasteiger partial charge in [-0.15, -0.1) is 0 Å². The van der Waals surface area contributed by atoms with Crippen LogP contribution in [0.25, 0.3) is 0 Å². The van der Waals surface area contributed by atoms with E-state index in [9.17, 15) is 13.6 Å². The number of alkyl halides is 2. The zero-order valence-electron chi connectivity index (χ0n) is 14.7. The van der Waals surface area contributed by atoms with Crippen LogP contribution >= 0.6 is 0 Å². The normalized spacial score (nSPS) is 11.0. The molecule has 3 rings (SSSR count). The molecule has 1 aromatic carbocycles. The summed E-state index contributed by atoms with van der Waals surface area (Å²) in [5, 5.41) is 3.73. The molecule has 3 aromatic rings. The fourth-order valence-corrected chi connectivity index (χ4v) is 2.45. The number of halogens is 2. The minimum atomic E-state index is -2.72. The van der Waals surface area contributed by atoms with Crippen molar-refractivity contribution in [1.82, 2.24) is 24.6 Å². The molecule has 0 N–H and O–H groups in total. The van der Waals surface area contributed by atoms with E-state index < -0.39 is 12.5 Å². The summed E-state index contributed by atoms with van der Waals surface area (Å²) in [7, 11) is 1.51. The second kappa shape index (κ2) is 7.94. The minimum absolute atomic E-state index is 0.0289. The Morgan fingerprint density at radius 3 is 2.85 bits per heavy atom. The molecule has 1 amide bonds. The number of amides is 1. The highest BCUT2D eigenvalue weighted by molar-refractivity contribution is 5.96. The summed E-state index contributed by atoms with van der Waals surface area (Å²) in [4.78, 5) is 22.0. The van der Waals surface area contributed by atoms with Gasteiger partial charge in [0.1, 0.15) is 11.6 Å². The first-order valence-corrected chi connectivity index (χ1v) is 8.02. The average molecular weight is 377 g/mol. The zero-order chi connectivity index (χ0) is 19.4. The summed E-state index contributed by atoms with van der Waals surface area (Å²) < 4.78 is 37.1. The van der Waals surface area contributed by atoms with Crippen LogP contribution in [0.15, 0.2) is 41.2 Å². The first kappa shape index (κ1) is 18.5. The molecule has 0 aliphatic rings. The number of rotatable bonds is 7. The number of carbonyl (C=O) groups is 1. The van der Waals surface area contributed by atoms with Crippen molar-refractivity contribution in [3.05, 3.63) is 59.8 Å². The van der Waals surface area contributed by atoms with E-state index in [-0.39, 0.29) is 24.5 Å². The Morgan fingerprint density at radius 1 is 1.37 bits per heavy atom. The molecule has 0 aliphatic carbocycles. The first-order chi connectivity index (χ1) is 13.0. The highest BCUT2D eigenvalue weighted by atomic mass is 19.3. The van der Waals surface area contributed by atoms with E-state index in [1.165, 1.54) is 24.3 Å². The maximum Gasteiger partial charge on any atom is 0.319 e. The van der Waals surface area contributed by atoms with Gasteiger partial charge in [0, 0.05) is 26.4 Å². The van der Waals surface area contributed by atoms with Gasteiger partial charge in [-0.25, -0.2) is 4.98 Å². The van der Waals surface area contributed by atoms with Gasteiger partial charge in [-0.2, -0.15) is 13.8 Å². The fourth-order valence-electron chi connectivity index (χ4n) is 2.45. The van der Waals surface area contributed by atoms with Crippen LogP contribution in [0.3, 0.4) is 0 Å². The monoisotopic (exact) mass is 377 g/mol. The molecule has 10 heteroatoms. The number of aryl methyl sites for hydroxylation is 1. The van der Waals surface area contributed by atoms with Crippen molar-refractivity contribution in [3.8, 4) is 5.75 Å². The lowest BCUT2D eigenvalue weighted by atomic mass is 10.1. The number of imidazole rings is 1. The Labute approximate surface area is 153 Å². The average Bonchev–Trinajstić information content (AvgIpc) is 3.28. The van der Waals surface area contributed by atoms with E-state index in [0.29, 0.717) is 22.0 Å². The second-order valence-corrected chi connectivity index (χ2v) is 5.70. The van der Waals surface area contributed by atoms with Crippen LogP contribution in [0.2, 0.25) is 0 Å². The van der Waals surface area contributed by atoms with Gasteiger partial charge < -0.3 is 14.2 Å². The lowest BCUT2D eigenvalue weighted by Crippen LogP contribution is -2.28. The number of benzene rings is 1. The van der Waals surface area contributed by atoms with Gasteiger partial charge in [0.25, 0.3) is 5.91 Å². The molecule has 2 heterocycles. The standard InChI is InChI=1S/C17H17F2N5O3/c1-11-21-14(22-27-11)10-26-13-6-4-3-5-12(13)16(25)23(2)9-15-20-7-8-24(15)17(18)19/h3-8,17H,9-10H2,1-2H3. The molecule has 0 saturated heterocycles. The Kier molecular flexibility index (Phi) is 5.43. The Bertz CT molecular complexity index is 925. The van der Waals surface area contributed by atoms with E-state index >= 15 is 0 Å². The molecule has 0 unspecified atom stereocenters. The molecule has 0 atom stereocenters. The summed E-state index contributed by atoms with van der Waals surface area (Å²) in [5.41, 5.74) is 0.287. The molecule has 0 aliphatic heterocycles. The number of nitrogens with zero attached hydrogens (tertiary/aromatic N) is 5. The van der Waals surface area contributed by atoms with Crippen LogP contribution in [-0.4, -0.2) is 37.5 Å². The van der Waals surface area contributed by atoms with E-state index in [1.54, 1.807) is 31.2 Å². The third kappa shape index (κ3) is 4.27. The van der Waals surface area contributed by atoms with E-state index in [4.69, 9.17) is 9.26 Å². The number of ether oxygens (including phenoxy) is 1. The molecule has 0 fully saturated rings. The lowest BCUT2D eigenvalue weighted by molar-refractivity contribution is 0.0611. The fraction of sp³-hybridized carbons (Fsp3) is 0.294. The largest absolute Gasteiger partial charge is 0.485 e. The van der Waals surface area contributed by atoms with Gasteiger partial charge in [-0.1, -0.05) is 17.3 Å². The number of para-hydroxylation sites is 1. The third-order valence-corrected chi connectivity index (χ3v) is 3.73. The molecule has 0 spiro atoms. The highest BCUT2D eigenvalue weighted by Gasteiger charge is 2.20. The summed E-state index contributed by atoms with van der Waals surface area (Å²) in [5.74, 6) is 0.781. The summed E-state index contributed by atoms with van der Waals surface area (Å²) in [6.07, 6.45) is 2.44. The van der Waals surface area contributed by atoms with Gasteiger partial charge in [0.15, 0.2) is 6.61 Å². The minimum Gasteiger partial charge on any atom is -0.485 e. The zero-order valence-corrected chi connectivity index (χ0v) is 14.7. The van der Waals surface area contributed by atoms with Crippen LogP contribution in [0.5, 0.6) is 5.75 Å². The Morgan fingerprint density at radius 2 is 2.15 bits per heavy atom. The molecule has 0 bridgehead atoms. The molecule has 27 heavy (non-hydrogen) atoms. The van der Waals surface area contributed by atoms with Crippen molar-refractivity contribution >= 4 is 5.91 Å². The second-order valence-electron chi connectivity index (χ2n) is 5.70. The summed E-state index contributed by atoms with van der Waals surface area (Å²) in [6.45, 7) is -1.11. The summed E-state index contributed by atoms with van der Waals surface area (Å²) in [6, 6.07) is 6.63.